The van der Waals surface area contributed by atoms with E-state index in [4.69, 9.17) is 9.47 Å². The zero-order chi connectivity index (χ0) is 18.6. The second-order valence-electron chi connectivity index (χ2n) is 7.05. The number of nitrogens with zero attached hydrogens (tertiary/aromatic N) is 3. The van der Waals surface area contributed by atoms with Gasteiger partial charge in [-0.2, -0.15) is 5.10 Å². The van der Waals surface area contributed by atoms with Crippen molar-refractivity contribution in [3.05, 3.63) is 41.7 Å². The lowest BCUT2D eigenvalue weighted by atomic mass is 10.2. The van der Waals surface area contributed by atoms with Crippen LogP contribution in [-0.4, -0.2) is 67.1 Å². The monoisotopic (exact) mass is 370 g/mol. The summed E-state index contributed by atoms with van der Waals surface area (Å²) in [4.78, 5) is 14.9. The van der Waals surface area contributed by atoms with Gasteiger partial charge in [0.1, 0.15) is 5.75 Å². The quantitative estimate of drug-likeness (QED) is 0.805. The molecule has 1 saturated carbocycles. The molecule has 1 saturated heterocycles. The molecule has 2 fully saturated rings. The first-order valence-electron chi connectivity index (χ1n) is 9.57. The summed E-state index contributed by atoms with van der Waals surface area (Å²) >= 11 is 0. The molecule has 1 aliphatic carbocycles. The largest absolute Gasteiger partial charge is 0.497 e. The van der Waals surface area contributed by atoms with E-state index in [1.807, 2.05) is 35.0 Å². The van der Waals surface area contributed by atoms with E-state index < -0.39 is 0 Å². The van der Waals surface area contributed by atoms with E-state index in [1.165, 1.54) is 0 Å². The molecule has 1 N–H and O–H groups in total. The maximum Gasteiger partial charge on any atom is 0.271 e. The predicted octanol–water partition coefficient (Wildman–Crippen LogP) is 1.82. The van der Waals surface area contributed by atoms with E-state index in [9.17, 15) is 4.79 Å². The maximum absolute atomic E-state index is 12.6. The molecule has 2 aliphatic rings. The number of hydrogen-bond donors (Lipinski definition) is 1. The Bertz CT molecular complexity index is 777. The molecule has 2 aromatic rings. The normalized spacial score (nSPS) is 17.7. The van der Waals surface area contributed by atoms with Crippen molar-refractivity contribution in [2.75, 3.05) is 46.5 Å². The van der Waals surface area contributed by atoms with E-state index in [0.717, 1.165) is 62.8 Å². The highest BCUT2D eigenvalue weighted by Crippen LogP contribution is 2.41. The Labute approximate surface area is 159 Å². The standard InChI is InChI=1S/C20H26N4O3/c1-26-17-6-4-16(5-7-17)24-19(15-2-3-15)14-18(22-24)20(25)21-8-9-23-10-12-27-13-11-23/h4-7,14-15H,2-3,8-13H2,1H3,(H,21,25). The summed E-state index contributed by atoms with van der Waals surface area (Å²) < 4.78 is 12.5. The van der Waals surface area contributed by atoms with Crippen LogP contribution in [0.15, 0.2) is 30.3 Å². The molecule has 1 aromatic carbocycles. The van der Waals surface area contributed by atoms with Gasteiger partial charge >= 0.3 is 0 Å². The molecule has 1 amide bonds. The molecule has 7 nitrogen and oxygen atoms in total. The number of methoxy groups -OCH3 is 1. The van der Waals surface area contributed by atoms with Crippen molar-refractivity contribution < 1.29 is 14.3 Å². The Morgan fingerprint density at radius 3 is 2.67 bits per heavy atom. The highest BCUT2D eigenvalue weighted by Gasteiger charge is 2.29. The van der Waals surface area contributed by atoms with E-state index in [0.29, 0.717) is 18.2 Å². The summed E-state index contributed by atoms with van der Waals surface area (Å²) in [6.45, 7) is 4.84. The van der Waals surface area contributed by atoms with Crippen molar-refractivity contribution in [3.63, 3.8) is 0 Å². The number of ether oxygens (including phenoxy) is 2. The molecule has 0 spiro atoms. The second kappa shape index (κ2) is 8.10. The molecule has 7 heteroatoms. The first-order chi connectivity index (χ1) is 13.2. The van der Waals surface area contributed by atoms with E-state index in [2.05, 4.69) is 15.3 Å². The molecule has 0 unspecified atom stereocenters. The van der Waals surface area contributed by atoms with Crippen molar-refractivity contribution in [2.45, 2.75) is 18.8 Å². The molecule has 1 aliphatic heterocycles. The SMILES string of the molecule is COc1ccc(-n2nc(C(=O)NCCN3CCOCC3)cc2C2CC2)cc1. The van der Waals surface area contributed by atoms with Gasteiger partial charge in [0.25, 0.3) is 5.91 Å². The van der Waals surface area contributed by atoms with Crippen molar-refractivity contribution in [1.29, 1.82) is 0 Å². The molecule has 0 atom stereocenters. The van der Waals surface area contributed by atoms with Crippen LogP contribution >= 0.6 is 0 Å². The summed E-state index contributed by atoms with van der Waals surface area (Å²) in [6, 6.07) is 9.70. The van der Waals surface area contributed by atoms with Crippen LogP contribution in [0.5, 0.6) is 5.75 Å². The zero-order valence-electron chi connectivity index (χ0n) is 15.7. The first-order valence-corrected chi connectivity index (χ1v) is 9.57. The third-order valence-corrected chi connectivity index (χ3v) is 5.10. The van der Waals surface area contributed by atoms with Crippen molar-refractivity contribution in [2.24, 2.45) is 0 Å². The molecular weight excluding hydrogens is 344 g/mol. The van der Waals surface area contributed by atoms with E-state index in [-0.39, 0.29) is 5.91 Å². The summed E-state index contributed by atoms with van der Waals surface area (Å²) in [5.74, 6) is 1.19. The topological polar surface area (TPSA) is 68.6 Å². The van der Waals surface area contributed by atoms with Gasteiger partial charge in [0, 0.05) is 37.8 Å². The second-order valence-corrected chi connectivity index (χ2v) is 7.05. The molecule has 0 radical (unpaired) electrons. The minimum atomic E-state index is -0.113. The van der Waals surface area contributed by atoms with Crippen molar-refractivity contribution in [1.82, 2.24) is 20.0 Å². The Hall–Kier alpha value is -2.38. The van der Waals surface area contributed by atoms with Crippen LogP contribution in [0.2, 0.25) is 0 Å². The number of amides is 1. The molecule has 144 valence electrons. The van der Waals surface area contributed by atoms with Gasteiger partial charge < -0.3 is 14.8 Å². The highest BCUT2D eigenvalue weighted by atomic mass is 16.5. The minimum Gasteiger partial charge on any atom is -0.497 e. The first kappa shape index (κ1) is 18.0. The van der Waals surface area contributed by atoms with Gasteiger partial charge in [-0.1, -0.05) is 0 Å². The van der Waals surface area contributed by atoms with Gasteiger partial charge in [0.2, 0.25) is 0 Å². The summed E-state index contributed by atoms with van der Waals surface area (Å²) in [7, 11) is 1.65. The highest BCUT2D eigenvalue weighted by molar-refractivity contribution is 5.92. The molecule has 1 aromatic heterocycles. The Balaban J connectivity index is 1.43. The van der Waals surface area contributed by atoms with Crippen LogP contribution in [-0.2, 0) is 4.74 Å². The van der Waals surface area contributed by atoms with Crippen LogP contribution in [0.25, 0.3) is 5.69 Å². The molecule has 2 heterocycles. The number of rotatable bonds is 7. The lowest BCUT2D eigenvalue weighted by molar-refractivity contribution is 0.0383. The van der Waals surface area contributed by atoms with Gasteiger partial charge in [0.05, 0.1) is 26.0 Å². The van der Waals surface area contributed by atoms with Gasteiger partial charge in [-0.3, -0.25) is 9.69 Å². The fourth-order valence-electron chi connectivity index (χ4n) is 3.35. The van der Waals surface area contributed by atoms with Crippen molar-refractivity contribution in [3.8, 4) is 11.4 Å². The summed E-state index contributed by atoms with van der Waals surface area (Å²) in [5, 5.41) is 7.59. The van der Waals surface area contributed by atoms with Crippen molar-refractivity contribution >= 4 is 5.91 Å². The maximum atomic E-state index is 12.6. The number of nitrogens with one attached hydrogen (secondary N) is 1. The zero-order valence-corrected chi connectivity index (χ0v) is 15.7. The number of carbonyl (C=O) groups is 1. The third kappa shape index (κ3) is 4.31. The van der Waals surface area contributed by atoms with Crippen LogP contribution in [0, 0.1) is 0 Å². The number of carbonyl (C=O) groups excluding carboxylic acids is 1. The summed E-state index contributed by atoms with van der Waals surface area (Å²) in [5.41, 5.74) is 2.54. The minimum absolute atomic E-state index is 0.113. The van der Waals surface area contributed by atoms with Crippen LogP contribution in [0.3, 0.4) is 0 Å². The fraction of sp³-hybridized carbons (Fsp3) is 0.500. The molecular formula is C20H26N4O3. The smallest absolute Gasteiger partial charge is 0.271 e. The van der Waals surface area contributed by atoms with Gasteiger partial charge in [-0.25, -0.2) is 4.68 Å². The number of hydrogen-bond acceptors (Lipinski definition) is 5. The average molecular weight is 370 g/mol. The summed E-state index contributed by atoms with van der Waals surface area (Å²) in [6.07, 6.45) is 2.31. The number of morpholine rings is 1. The van der Waals surface area contributed by atoms with Gasteiger partial charge in [-0.05, 0) is 43.2 Å². The number of aromatic nitrogens is 2. The molecule has 27 heavy (non-hydrogen) atoms. The molecule has 0 bridgehead atoms. The fourth-order valence-corrected chi connectivity index (χ4v) is 3.35. The Kier molecular flexibility index (Phi) is 5.40. The Morgan fingerprint density at radius 2 is 2.00 bits per heavy atom. The van der Waals surface area contributed by atoms with E-state index >= 15 is 0 Å². The lowest BCUT2D eigenvalue weighted by Gasteiger charge is -2.26. The number of benzene rings is 1. The molecule has 4 rings (SSSR count). The van der Waals surface area contributed by atoms with Crippen LogP contribution in [0.1, 0.15) is 34.9 Å². The van der Waals surface area contributed by atoms with Gasteiger partial charge in [0.15, 0.2) is 5.69 Å². The lowest BCUT2D eigenvalue weighted by Crippen LogP contribution is -2.41. The third-order valence-electron chi connectivity index (χ3n) is 5.10. The predicted molar refractivity (Wildman–Crippen MR) is 102 cm³/mol. The van der Waals surface area contributed by atoms with E-state index in [1.54, 1.807) is 7.11 Å². The average Bonchev–Trinajstić information content (AvgIpc) is 3.47. The van der Waals surface area contributed by atoms with Crippen LogP contribution < -0.4 is 10.1 Å². The van der Waals surface area contributed by atoms with Crippen LogP contribution in [0.4, 0.5) is 0 Å². The Morgan fingerprint density at radius 1 is 1.26 bits per heavy atom. The van der Waals surface area contributed by atoms with Gasteiger partial charge in [-0.15, -0.1) is 0 Å².